The van der Waals surface area contributed by atoms with E-state index in [-0.39, 0.29) is 12.4 Å². The second-order valence-electron chi connectivity index (χ2n) is 6.06. The molecule has 2 aliphatic rings. The third-order valence-electron chi connectivity index (χ3n) is 4.87. The van der Waals surface area contributed by atoms with Gasteiger partial charge in [0.1, 0.15) is 12.4 Å². The number of carboxylic acids is 1. The molecule has 4 nitrogen and oxygen atoms in total. The van der Waals surface area contributed by atoms with Crippen LogP contribution in [0, 0.1) is 11.3 Å². The van der Waals surface area contributed by atoms with E-state index in [1.807, 2.05) is 18.2 Å². The second-order valence-corrected chi connectivity index (χ2v) is 6.47. The van der Waals surface area contributed by atoms with Gasteiger partial charge in [-0.25, -0.2) is 0 Å². The molecule has 1 aromatic carbocycles. The molecule has 1 heterocycles. The molecule has 3 rings (SSSR count). The largest absolute Gasteiger partial charge is 0.491 e. The lowest BCUT2D eigenvalue weighted by Crippen LogP contribution is -2.36. The number of carboxylic acid groups (broad SMARTS) is 1. The smallest absolute Gasteiger partial charge is 0.311 e. The Labute approximate surface area is 141 Å². The molecule has 0 bridgehead atoms. The lowest BCUT2D eigenvalue weighted by atomic mass is 9.81. The Morgan fingerprint density at radius 1 is 1.45 bits per heavy atom. The van der Waals surface area contributed by atoms with Gasteiger partial charge >= 0.3 is 5.97 Å². The van der Waals surface area contributed by atoms with Gasteiger partial charge in [0, 0.05) is 19.6 Å². The molecule has 0 unspecified atom stereocenters. The van der Waals surface area contributed by atoms with E-state index in [1.54, 1.807) is 6.07 Å². The predicted molar refractivity (Wildman–Crippen MR) is 88.0 cm³/mol. The van der Waals surface area contributed by atoms with E-state index in [4.69, 9.17) is 16.3 Å². The van der Waals surface area contributed by atoms with E-state index in [0.717, 1.165) is 32.4 Å². The van der Waals surface area contributed by atoms with Crippen molar-refractivity contribution in [1.29, 1.82) is 0 Å². The van der Waals surface area contributed by atoms with Crippen molar-refractivity contribution in [3.05, 3.63) is 29.3 Å². The van der Waals surface area contributed by atoms with Gasteiger partial charge < -0.3 is 9.84 Å². The first-order valence-corrected chi connectivity index (χ1v) is 7.83. The molecule has 0 aromatic heterocycles. The first-order valence-electron chi connectivity index (χ1n) is 7.45. The summed E-state index contributed by atoms with van der Waals surface area (Å²) in [4.78, 5) is 13.8. The van der Waals surface area contributed by atoms with Crippen molar-refractivity contribution >= 4 is 30.0 Å². The van der Waals surface area contributed by atoms with Crippen LogP contribution in [0.25, 0.3) is 0 Å². The number of carbonyl (C=O) groups is 1. The fourth-order valence-electron chi connectivity index (χ4n) is 3.76. The quantitative estimate of drug-likeness (QED) is 0.889. The first-order chi connectivity index (χ1) is 10.1. The minimum atomic E-state index is -0.625. The van der Waals surface area contributed by atoms with Gasteiger partial charge in [-0.2, -0.15) is 0 Å². The van der Waals surface area contributed by atoms with Crippen molar-refractivity contribution in [2.45, 2.75) is 19.3 Å². The summed E-state index contributed by atoms with van der Waals surface area (Å²) in [6, 6.07) is 7.41. The van der Waals surface area contributed by atoms with E-state index >= 15 is 0 Å². The molecule has 0 amide bonds. The zero-order valence-corrected chi connectivity index (χ0v) is 13.9. The van der Waals surface area contributed by atoms with Crippen LogP contribution < -0.4 is 4.74 Å². The highest BCUT2D eigenvalue weighted by Crippen LogP contribution is 2.48. The summed E-state index contributed by atoms with van der Waals surface area (Å²) >= 11 is 6.04. The van der Waals surface area contributed by atoms with Gasteiger partial charge in [-0.15, -0.1) is 12.4 Å². The molecule has 1 saturated carbocycles. The fourth-order valence-corrected chi connectivity index (χ4v) is 3.95. The Hall–Kier alpha value is -0.970. The van der Waals surface area contributed by atoms with E-state index in [1.165, 1.54) is 0 Å². The van der Waals surface area contributed by atoms with Crippen molar-refractivity contribution < 1.29 is 14.6 Å². The van der Waals surface area contributed by atoms with Gasteiger partial charge in [-0.05, 0) is 30.9 Å². The monoisotopic (exact) mass is 345 g/mol. The zero-order valence-electron chi connectivity index (χ0n) is 12.3. The molecule has 0 radical (unpaired) electrons. The van der Waals surface area contributed by atoms with Crippen LogP contribution in [0.3, 0.4) is 0 Å². The SMILES string of the molecule is Cl.O=C(O)[C@@]12CCC[C@H]1CN(CCOc1ccccc1Cl)C2. The Kier molecular flexibility index (Phi) is 5.59. The van der Waals surface area contributed by atoms with Crippen molar-refractivity contribution in [1.82, 2.24) is 4.90 Å². The number of para-hydroxylation sites is 1. The summed E-state index contributed by atoms with van der Waals surface area (Å²) in [6.45, 7) is 2.81. The predicted octanol–water partition coefficient (Wildman–Crippen LogP) is 3.33. The number of halogens is 2. The van der Waals surface area contributed by atoms with Crippen molar-refractivity contribution in [2.75, 3.05) is 26.2 Å². The zero-order chi connectivity index (χ0) is 14.9. The molecule has 2 atom stereocenters. The highest BCUT2D eigenvalue weighted by atomic mass is 35.5. The van der Waals surface area contributed by atoms with Crippen LogP contribution in [-0.2, 0) is 4.79 Å². The van der Waals surface area contributed by atoms with Crippen LogP contribution in [0.4, 0.5) is 0 Å². The molecule has 2 fully saturated rings. The topological polar surface area (TPSA) is 49.8 Å². The van der Waals surface area contributed by atoms with Gasteiger partial charge in [0.2, 0.25) is 0 Å². The minimum absolute atomic E-state index is 0. The van der Waals surface area contributed by atoms with Crippen molar-refractivity contribution in [3.8, 4) is 5.75 Å². The molecule has 1 aliphatic carbocycles. The van der Waals surface area contributed by atoms with Crippen LogP contribution in [0.1, 0.15) is 19.3 Å². The number of fused-ring (bicyclic) bond motifs is 1. The summed E-state index contributed by atoms with van der Waals surface area (Å²) in [5.41, 5.74) is -0.510. The number of likely N-dealkylation sites (tertiary alicyclic amines) is 1. The van der Waals surface area contributed by atoms with Crippen LogP contribution in [0.2, 0.25) is 5.02 Å². The Morgan fingerprint density at radius 2 is 2.23 bits per heavy atom. The highest BCUT2D eigenvalue weighted by molar-refractivity contribution is 6.32. The average Bonchev–Trinajstić information content (AvgIpc) is 2.98. The second kappa shape index (κ2) is 7.07. The molecule has 22 heavy (non-hydrogen) atoms. The van der Waals surface area contributed by atoms with Crippen LogP contribution in [-0.4, -0.2) is 42.2 Å². The average molecular weight is 346 g/mol. The number of rotatable bonds is 5. The Balaban J connectivity index is 0.00000176. The van der Waals surface area contributed by atoms with Crippen LogP contribution >= 0.6 is 24.0 Å². The standard InChI is InChI=1S/C16H20ClNO3.ClH/c17-13-5-1-2-6-14(13)21-9-8-18-10-12-4-3-7-16(12,11-18)15(19)20;/h1-2,5-6,12H,3-4,7-11H2,(H,19,20);1H/t12-,16+;/m0./s1. The fraction of sp³-hybridized carbons (Fsp3) is 0.562. The Bertz CT molecular complexity index is 540. The summed E-state index contributed by atoms with van der Waals surface area (Å²) in [5, 5.41) is 10.2. The summed E-state index contributed by atoms with van der Waals surface area (Å²) in [6.07, 6.45) is 2.89. The lowest BCUT2D eigenvalue weighted by molar-refractivity contribution is -0.149. The summed E-state index contributed by atoms with van der Waals surface area (Å²) in [7, 11) is 0. The van der Waals surface area contributed by atoms with E-state index in [2.05, 4.69) is 4.90 Å². The third kappa shape index (κ3) is 3.19. The number of nitrogens with zero attached hydrogens (tertiary/aromatic N) is 1. The summed E-state index contributed by atoms with van der Waals surface area (Å²) in [5.74, 6) is 0.362. The Morgan fingerprint density at radius 3 is 2.91 bits per heavy atom. The molecule has 1 saturated heterocycles. The molecular weight excluding hydrogens is 325 g/mol. The maximum Gasteiger partial charge on any atom is 0.311 e. The number of hydrogen-bond acceptors (Lipinski definition) is 3. The molecule has 1 aliphatic heterocycles. The highest BCUT2D eigenvalue weighted by Gasteiger charge is 2.54. The lowest BCUT2D eigenvalue weighted by Gasteiger charge is -2.23. The maximum atomic E-state index is 11.6. The van der Waals surface area contributed by atoms with Crippen LogP contribution in [0.5, 0.6) is 5.75 Å². The number of hydrogen-bond donors (Lipinski definition) is 1. The summed E-state index contributed by atoms with van der Waals surface area (Å²) < 4.78 is 5.69. The van der Waals surface area contributed by atoms with E-state index in [0.29, 0.717) is 29.8 Å². The van der Waals surface area contributed by atoms with Gasteiger partial charge in [-0.3, -0.25) is 9.69 Å². The number of ether oxygens (including phenoxy) is 1. The molecule has 122 valence electrons. The normalized spacial score (nSPS) is 27.2. The first kappa shape index (κ1) is 17.4. The molecule has 6 heteroatoms. The van der Waals surface area contributed by atoms with Gasteiger partial charge in [0.25, 0.3) is 0 Å². The van der Waals surface area contributed by atoms with Crippen molar-refractivity contribution in [3.63, 3.8) is 0 Å². The van der Waals surface area contributed by atoms with E-state index < -0.39 is 11.4 Å². The van der Waals surface area contributed by atoms with Crippen LogP contribution in [0.15, 0.2) is 24.3 Å². The maximum absolute atomic E-state index is 11.6. The van der Waals surface area contributed by atoms with Gasteiger partial charge in [-0.1, -0.05) is 30.2 Å². The van der Waals surface area contributed by atoms with Crippen molar-refractivity contribution in [2.24, 2.45) is 11.3 Å². The minimum Gasteiger partial charge on any atom is -0.491 e. The van der Waals surface area contributed by atoms with Gasteiger partial charge in [0.05, 0.1) is 10.4 Å². The molecule has 1 aromatic rings. The number of benzene rings is 1. The molecule has 1 N–H and O–H groups in total. The molecular formula is C16H21Cl2NO3. The van der Waals surface area contributed by atoms with E-state index in [9.17, 15) is 9.90 Å². The third-order valence-corrected chi connectivity index (χ3v) is 5.18. The van der Waals surface area contributed by atoms with Gasteiger partial charge in [0.15, 0.2) is 0 Å². The molecule has 0 spiro atoms. The number of aliphatic carboxylic acids is 1.